The quantitative estimate of drug-likeness (QED) is 0.768. The number of nitrogens with two attached hydrogens (primary N) is 1. The van der Waals surface area contributed by atoms with Gasteiger partial charge < -0.3 is 11.1 Å². The van der Waals surface area contributed by atoms with Crippen LogP contribution in [0.15, 0.2) is 24.3 Å². The number of hydrogen-bond donors (Lipinski definition) is 2. The van der Waals surface area contributed by atoms with E-state index >= 15 is 0 Å². The molecule has 2 fully saturated rings. The zero-order valence-corrected chi connectivity index (χ0v) is 12.3. The predicted molar refractivity (Wildman–Crippen MR) is 80.1 cm³/mol. The minimum atomic E-state index is -2.41. The van der Waals surface area contributed by atoms with E-state index in [1.165, 1.54) is 37.8 Å². The van der Waals surface area contributed by atoms with Crippen molar-refractivity contribution >= 4 is 0 Å². The molecule has 0 aromatic heterocycles. The molecule has 2 aliphatic rings. The highest BCUT2D eigenvalue weighted by atomic mass is 19.3. The SMILES string of the molecule is NCC(NCC(C1CC1)C1CC1)c1ccc(C(F)F)cc1. The van der Waals surface area contributed by atoms with E-state index in [0.717, 1.165) is 29.9 Å². The van der Waals surface area contributed by atoms with Crippen LogP contribution in [0.3, 0.4) is 0 Å². The number of benzene rings is 1. The van der Waals surface area contributed by atoms with Gasteiger partial charge in [0.25, 0.3) is 6.43 Å². The van der Waals surface area contributed by atoms with Gasteiger partial charge in [0.2, 0.25) is 0 Å². The highest BCUT2D eigenvalue weighted by Gasteiger charge is 2.41. The van der Waals surface area contributed by atoms with Crippen LogP contribution < -0.4 is 11.1 Å². The molecule has 21 heavy (non-hydrogen) atoms. The summed E-state index contributed by atoms with van der Waals surface area (Å²) in [4.78, 5) is 0. The summed E-state index contributed by atoms with van der Waals surface area (Å²) < 4.78 is 25.2. The zero-order valence-electron chi connectivity index (χ0n) is 12.3. The Morgan fingerprint density at radius 1 is 1.00 bits per heavy atom. The molecule has 0 saturated heterocycles. The smallest absolute Gasteiger partial charge is 0.263 e. The van der Waals surface area contributed by atoms with Crippen LogP contribution >= 0.6 is 0 Å². The highest BCUT2D eigenvalue weighted by molar-refractivity contribution is 5.26. The second kappa shape index (κ2) is 6.41. The van der Waals surface area contributed by atoms with E-state index < -0.39 is 6.43 Å². The fourth-order valence-electron chi connectivity index (χ4n) is 3.26. The van der Waals surface area contributed by atoms with Gasteiger partial charge in [-0.1, -0.05) is 24.3 Å². The third-order valence-electron chi connectivity index (χ3n) is 4.88. The third kappa shape index (κ3) is 3.80. The molecule has 3 N–H and O–H groups in total. The lowest BCUT2D eigenvalue weighted by molar-refractivity contribution is 0.151. The fraction of sp³-hybridized carbons (Fsp3) is 0.647. The van der Waals surface area contributed by atoms with E-state index in [1.807, 2.05) is 0 Å². The van der Waals surface area contributed by atoms with Crippen molar-refractivity contribution < 1.29 is 8.78 Å². The molecule has 2 saturated carbocycles. The van der Waals surface area contributed by atoms with Gasteiger partial charge in [-0.15, -0.1) is 0 Å². The monoisotopic (exact) mass is 294 g/mol. The lowest BCUT2D eigenvalue weighted by atomic mass is 9.96. The molecule has 2 nitrogen and oxygen atoms in total. The summed E-state index contributed by atoms with van der Waals surface area (Å²) in [5, 5.41) is 3.56. The summed E-state index contributed by atoms with van der Waals surface area (Å²) in [6.45, 7) is 1.50. The Balaban J connectivity index is 1.58. The number of halogens is 2. The molecule has 1 aromatic carbocycles. The first-order valence-electron chi connectivity index (χ1n) is 8.00. The van der Waals surface area contributed by atoms with E-state index in [9.17, 15) is 8.78 Å². The second-order valence-corrected chi connectivity index (χ2v) is 6.50. The molecule has 0 radical (unpaired) electrons. The summed E-state index contributed by atoms with van der Waals surface area (Å²) in [5.41, 5.74) is 6.94. The minimum absolute atomic E-state index is 0.0664. The highest BCUT2D eigenvalue weighted by Crippen LogP contribution is 2.49. The first-order chi connectivity index (χ1) is 10.2. The molecule has 0 aliphatic heterocycles. The first kappa shape index (κ1) is 14.9. The summed E-state index contributed by atoms with van der Waals surface area (Å²) in [5.74, 6) is 2.61. The standard InChI is InChI=1S/C17H24F2N2/c18-17(19)14-7-5-13(6-8-14)16(9-20)21-10-15(11-1-2-11)12-3-4-12/h5-8,11-12,15-17,21H,1-4,9-10,20H2. The Bertz CT molecular complexity index is 440. The Hall–Kier alpha value is -1.00. The zero-order chi connectivity index (χ0) is 14.8. The Morgan fingerprint density at radius 3 is 1.95 bits per heavy atom. The van der Waals surface area contributed by atoms with Crippen LogP contribution in [0, 0.1) is 17.8 Å². The molecule has 0 spiro atoms. The van der Waals surface area contributed by atoms with E-state index in [4.69, 9.17) is 5.73 Å². The average Bonchev–Trinajstić information content (AvgIpc) is 3.38. The van der Waals surface area contributed by atoms with Crippen molar-refractivity contribution in [2.24, 2.45) is 23.5 Å². The number of hydrogen-bond acceptors (Lipinski definition) is 2. The predicted octanol–water partition coefficient (Wildman–Crippen LogP) is 3.65. The van der Waals surface area contributed by atoms with Crippen LogP contribution in [0.1, 0.15) is 49.3 Å². The van der Waals surface area contributed by atoms with Crippen LogP contribution in [0.2, 0.25) is 0 Å². The van der Waals surface area contributed by atoms with Gasteiger partial charge in [0, 0.05) is 18.2 Å². The lowest BCUT2D eigenvalue weighted by Crippen LogP contribution is -2.33. The molecule has 1 aromatic rings. The third-order valence-corrected chi connectivity index (χ3v) is 4.88. The Labute approximate surface area is 125 Å². The second-order valence-electron chi connectivity index (χ2n) is 6.50. The van der Waals surface area contributed by atoms with Crippen molar-refractivity contribution in [3.63, 3.8) is 0 Å². The molecule has 1 atom stereocenters. The van der Waals surface area contributed by atoms with Crippen molar-refractivity contribution in [3.8, 4) is 0 Å². The van der Waals surface area contributed by atoms with Crippen molar-refractivity contribution in [1.82, 2.24) is 5.32 Å². The topological polar surface area (TPSA) is 38.0 Å². The van der Waals surface area contributed by atoms with Gasteiger partial charge in [0.1, 0.15) is 0 Å². The summed E-state index contributed by atoms with van der Waals surface area (Å²) in [6.07, 6.45) is 3.09. The van der Waals surface area contributed by atoms with Gasteiger partial charge in [-0.05, 0) is 55.5 Å². The van der Waals surface area contributed by atoms with Gasteiger partial charge in [-0.3, -0.25) is 0 Å². The maximum atomic E-state index is 12.6. The Kier molecular flexibility index (Phi) is 4.55. The van der Waals surface area contributed by atoms with Crippen LogP contribution in [-0.2, 0) is 0 Å². The Morgan fingerprint density at radius 2 is 1.52 bits per heavy atom. The minimum Gasteiger partial charge on any atom is -0.329 e. The molecule has 0 heterocycles. The van der Waals surface area contributed by atoms with Crippen LogP contribution in [0.5, 0.6) is 0 Å². The summed E-state index contributed by atoms with van der Waals surface area (Å²) >= 11 is 0. The molecule has 2 aliphatic carbocycles. The summed E-state index contributed by atoms with van der Waals surface area (Å²) in [7, 11) is 0. The van der Waals surface area contributed by atoms with E-state index in [0.29, 0.717) is 6.54 Å². The maximum Gasteiger partial charge on any atom is 0.263 e. The maximum absolute atomic E-state index is 12.6. The van der Waals surface area contributed by atoms with E-state index in [1.54, 1.807) is 12.1 Å². The molecule has 4 heteroatoms. The number of rotatable bonds is 8. The van der Waals surface area contributed by atoms with Crippen molar-refractivity contribution in [2.75, 3.05) is 13.1 Å². The van der Waals surface area contributed by atoms with Crippen LogP contribution in [0.4, 0.5) is 8.78 Å². The lowest BCUT2D eigenvalue weighted by Gasteiger charge is -2.22. The van der Waals surface area contributed by atoms with Gasteiger partial charge in [-0.2, -0.15) is 0 Å². The van der Waals surface area contributed by atoms with Crippen molar-refractivity contribution in [1.29, 1.82) is 0 Å². The average molecular weight is 294 g/mol. The summed E-state index contributed by atoms with van der Waals surface area (Å²) in [6, 6.07) is 6.62. The molecular formula is C17H24F2N2. The number of alkyl halides is 2. The van der Waals surface area contributed by atoms with E-state index in [2.05, 4.69) is 5.32 Å². The normalized spacial score (nSPS) is 20.2. The molecule has 1 unspecified atom stereocenters. The molecule has 0 bridgehead atoms. The number of nitrogens with one attached hydrogen (secondary N) is 1. The van der Waals surface area contributed by atoms with Gasteiger partial charge in [-0.25, -0.2) is 8.78 Å². The molecule has 0 amide bonds. The molecular weight excluding hydrogens is 270 g/mol. The van der Waals surface area contributed by atoms with Gasteiger partial charge in [0.05, 0.1) is 0 Å². The largest absolute Gasteiger partial charge is 0.329 e. The molecule has 116 valence electrons. The fourth-order valence-corrected chi connectivity index (χ4v) is 3.26. The van der Waals surface area contributed by atoms with Crippen LogP contribution in [-0.4, -0.2) is 13.1 Å². The first-order valence-corrected chi connectivity index (χ1v) is 8.00. The van der Waals surface area contributed by atoms with Crippen molar-refractivity contribution in [3.05, 3.63) is 35.4 Å². The van der Waals surface area contributed by atoms with E-state index in [-0.39, 0.29) is 11.6 Å². The van der Waals surface area contributed by atoms with Gasteiger partial charge in [0.15, 0.2) is 0 Å². The molecule has 3 rings (SSSR count). The van der Waals surface area contributed by atoms with Gasteiger partial charge >= 0.3 is 0 Å². The van der Waals surface area contributed by atoms with Crippen LogP contribution in [0.25, 0.3) is 0 Å². The van der Waals surface area contributed by atoms with Crippen molar-refractivity contribution in [2.45, 2.75) is 38.2 Å².